The molecule has 3 heteroatoms. The minimum atomic E-state index is 0.238. The van der Waals surface area contributed by atoms with Crippen LogP contribution in [0.25, 0.3) is 0 Å². The van der Waals surface area contributed by atoms with Crippen LogP contribution in [-0.4, -0.2) is 54.1 Å². The molecule has 0 amide bonds. The summed E-state index contributed by atoms with van der Waals surface area (Å²) in [6.07, 6.45) is 5.24. The van der Waals surface area contributed by atoms with Gasteiger partial charge in [0.1, 0.15) is 0 Å². The van der Waals surface area contributed by atoms with Gasteiger partial charge in [-0.05, 0) is 52.6 Å². The van der Waals surface area contributed by atoms with Crippen molar-refractivity contribution in [1.82, 2.24) is 9.80 Å². The Labute approximate surface area is 113 Å². The summed E-state index contributed by atoms with van der Waals surface area (Å²) in [5, 5.41) is 0. The molecule has 2 aliphatic heterocycles. The van der Waals surface area contributed by atoms with Crippen LogP contribution >= 0.6 is 0 Å². The summed E-state index contributed by atoms with van der Waals surface area (Å²) in [5.74, 6) is 0.690. The Bertz CT molecular complexity index is 275. The zero-order chi connectivity index (χ0) is 13.5. The standard InChI is InChI=1S/C15H31N3/c1-11(2)12(3)18(5)15(10-16)8-13-6-7-14(9-15)17(13)4/h11-14H,6-10,16H2,1-5H3. The largest absolute Gasteiger partial charge is 0.329 e. The minimum Gasteiger partial charge on any atom is -0.329 e. The molecular weight excluding hydrogens is 222 g/mol. The molecule has 0 saturated carbocycles. The molecule has 3 nitrogen and oxygen atoms in total. The highest BCUT2D eigenvalue weighted by Gasteiger charge is 2.49. The van der Waals surface area contributed by atoms with Gasteiger partial charge in [-0.25, -0.2) is 0 Å². The predicted octanol–water partition coefficient (Wildman–Crippen LogP) is 1.92. The second-order valence-corrected chi connectivity index (χ2v) is 6.98. The molecule has 0 aromatic heterocycles. The Morgan fingerprint density at radius 1 is 1.22 bits per heavy atom. The quantitative estimate of drug-likeness (QED) is 0.831. The highest BCUT2D eigenvalue weighted by atomic mass is 15.3. The molecule has 2 aliphatic rings. The fourth-order valence-electron chi connectivity index (χ4n) is 4.02. The van der Waals surface area contributed by atoms with Crippen LogP contribution < -0.4 is 5.73 Å². The number of rotatable bonds is 4. The minimum absolute atomic E-state index is 0.238. The molecule has 106 valence electrons. The van der Waals surface area contributed by atoms with Gasteiger partial charge in [0, 0.05) is 30.2 Å². The number of hydrogen-bond donors (Lipinski definition) is 1. The molecule has 2 N–H and O–H groups in total. The molecule has 3 atom stereocenters. The molecule has 2 saturated heterocycles. The summed E-state index contributed by atoms with van der Waals surface area (Å²) in [6.45, 7) is 7.79. The molecule has 0 aromatic carbocycles. The van der Waals surface area contributed by atoms with Crippen LogP contribution in [0.1, 0.15) is 46.5 Å². The molecule has 2 rings (SSSR count). The van der Waals surface area contributed by atoms with Crippen molar-refractivity contribution in [1.29, 1.82) is 0 Å². The van der Waals surface area contributed by atoms with E-state index in [0.717, 1.165) is 18.6 Å². The summed E-state index contributed by atoms with van der Waals surface area (Å²) >= 11 is 0. The van der Waals surface area contributed by atoms with Gasteiger partial charge in [0.15, 0.2) is 0 Å². The molecule has 0 aromatic rings. The van der Waals surface area contributed by atoms with Gasteiger partial charge in [-0.15, -0.1) is 0 Å². The summed E-state index contributed by atoms with van der Waals surface area (Å²) in [5.41, 5.74) is 6.45. The molecule has 2 fully saturated rings. The first kappa shape index (κ1) is 14.3. The van der Waals surface area contributed by atoms with Crippen LogP contribution in [0, 0.1) is 5.92 Å². The summed E-state index contributed by atoms with van der Waals surface area (Å²) in [6, 6.07) is 2.12. The van der Waals surface area contributed by atoms with Gasteiger partial charge >= 0.3 is 0 Å². The number of hydrogen-bond acceptors (Lipinski definition) is 3. The Hall–Kier alpha value is -0.120. The van der Waals surface area contributed by atoms with E-state index in [1.807, 2.05) is 0 Å². The third-order valence-electron chi connectivity index (χ3n) is 5.92. The van der Waals surface area contributed by atoms with Crippen molar-refractivity contribution in [2.45, 2.75) is 70.1 Å². The predicted molar refractivity (Wildman–Crippen MR) is 77.7 cm³/mol. The lowest BCUT2D eigenvalue weighted by Gasteiger charge is -2.52. The topological polar surface area (TPSA) is 32.5 Å². The van der Waals surface area contributed by atoms with Crippen molar-refractivity contribution in [2.75, 3.05) is 20.6 Å². The maximum Gasteiger partial charge on any atom is 0.0361 e. The molecule has 2 bridgehead atoms. The van der Waals surface area contributed by atoms with Gasteiger partial charge in [0.2, 0.25) is 0 Å². The van der Waals surface area contributed by atoms with Gasteiger partial charge in [0.05, 0.1) is 0 Å². The van der Waals surface area contributed by atoms with E-state index in [-0.39, 0.29) is 5.54 Å². The lowest BCUT2D eigenvalue weighted by molar-refractivity contribution is -0.0137. The van der Waals surface area contributed by atoms with Crippen molar-refractivity contribution in [3.8, 4) is 0 Å². The van der Waals surface area contributed by atoms with Gasteiger partial charge < -0.3 is 10.6 Å². The fraction of sp³-hybridized carbons (Fsp3) is 1.00. The van der Waals surface area contributed by atoms with Crippen molar-refractivity contribution >= 4 is 0 Å². The zero-order valence-corrected chi connectivity index (χ0v) is 12.8. The van der Waals surface area contributed by atoms with E-state index in [2.05, 4.69) is 44.7 Å². The van der Waals surface area contributed by atoms with Crippen molar-refractivity contribution in [3.05, 3.63) is 0 Å². The number of piperidine rings is 1. The van der Waals surface area contributed by atoms with Crippen LogP contribution in [0.3, 0.4) is 0 Å². The first-order valence-corrected chi connectivity index (χ1v) is 7.56. The molecule has 0 radical (unpaired) electrons. The maximum atomic E-state index is 6.21. The lowest BCUT2D eigenvalue weighted by atomic mass is 9.80. The number of nitrogens with two attached hydrogens (primary N) is 1. The maximum absolute atomic E-state index is 6.21. The smallest absolute Gasteiger partial charge is 0.0361 e. The highest BCUT2D eigenvalue weighted by molar-refractivity contribution is 5.06. The van der Waals surface area contributed by atoms with E-state index in [1.54, 1.807) is 0 Å². The molecule has 18 heavy (non-hydrogen) atoms. The Balaban J connectivity index is 2.17. The Kier molecular flexibility index (Phi) is 4.05. The third-order valence-corrected chi connectivity index (χ3v) is 5.92. The summed E-state index contributed by atoms with van der Waals surface area (Å²) in [4.78, 5) is 5.19. The molecule has 2 heterocycles. The van der Waals surface area contributed by atoms with Gasteiger partial charge in [-0.1, -0.05) is 13.8 Å². The summed E-state index contributed by atoms with van der Waals surface area (Å²) < 4.78 is 0. The lowest BCUT2D eigenvalue weighted by Crippen LogP contribution is -2.63. The number of fused-ring (bicyclic) bond motifs is 2. The van der Waals surface area contributed by atoms with Gasteiger partial charge in [-0.2, -0.15) is 0 Å². The van der Waals surface area contributed by atoms with E-state index < -0.39 is 0 Å². The van der Waals surface area contributed by atoms with Crippen LogP contribution in [0.2, 0.25) is 0 Å². The Morgan fingerprint density at radius 3 is 2.11 bits per heavy atom. The normalized spacial score (nSPS) is 38.7. The second-order valence-electron chi connectivity index (χ2n) is 6.98. The highest BCUT2D eigenvalue weighted by Crippen LogP contribution is 2.42. The zero-order valence-electron chi connectivity index (χ0n) is 12.8. The first-order valence-electron chi connectivity index (χ1n) is 7.56. The summed E-state index contributed by atoms with van der Waals surface area (Å²) in [7, 11) is 4.59. The molecule has 0 aliphatic carbocycles. The SMILES string of the molecule is CC(C)C(C)N(C)C1(CN)CC2CCC(C1)N2C. The molecule has 3 unspecified atom stereocenters. The van der Waals surface area contributed by atoms with Crippen molar-refractivity contribution in [2.24, 2.45) is 11.7 Å². The molecular formula is C15H31N3. The number of nitrogens with zero attached hydrogens (tertiary/aromatic N) is 2. The first-order chi connectivity index (χ1) is 8.41. The van der Waals surface area contributed by atoms with E-state index in [1.165, 1.54) is 25.7 Å². The number of likely N-dealkylation sites (N-methyl/N-ethyl adjacent to an activating group) is 1. The van der Waals surface area contributed by atoms with Gasteiger partial charge in [-0.3, -0.25) is 4.90 Å². The third kappa shape index (κ3) is 2.21. The van der Waals surface area contributed by atoms with Crippen molar-refractivity contribution < 1.29 is 0 Å². The van der Waals surface area contributed by atoms with Crippen LogP contribution in [-0.2, 0) is 0 Å². The second kappa shape index (κ2) is 5.10. The average molecular weight is 253 g/mol. The molecule has 0 spiro atoms. The van der Waals surface area contributed by atoms with Gasteiger partial charge in [0.25, 0.3) is 0 Å². The van der Waals surface area contributed by atoms with Crippen LogP contribution in [0.4, 0.5) is 0 Å². The van der Waals surface area contributed by atoms with E-state index in [0.29, 0.717) is 12.0 Å². The van der Waals surface area contributed by atoms with E-state index >= 15 is 0 Å². The monoisotopic (exact) mass is 253 g/mol. The Morgan fingerprint density at radius 2 is 1.72 bits per heavy atom. The fourth-order valence-corrected chi connectivity index (χ4v) is 4.02. The van der Waals surface area contributed by atoms with E-state index in [4.69, 9.17) is 5.73 Å². The van der Waals surface area contributed by atoms with Crippen LogP contribution in [0.15, 0.2) is 0 Å². The van der Waals surface area contributed by atoms with E-state index in [9.17, 15) is 0 Å². The average Bonchev–Trinajstić information content (AvgIpc) is 2.59. The van der Waals surface area contributed by atoms with Crippen molar-refractivity contribution in [3.63, 3.8) is 0 Å². The van der Waals surface area contributed by atoms with Crippen LogP contribution in [0.5, 0.6) is 0 Å².